The Labute approximate surface area is 180 Å². The highest BCUT2D eigenvalue weighted by molar-refractivity contribution is 5.83. The van der Waals surface area contributed by atoms with Gasteiger partial charge in [0.1, 0.15) is 6.10 Å². The lowest BCUT2D eigenvalue weighted by atomic mass is 10.0. The van der Waals surface area contributed by atoms with E-state index in [9.17, 15) is 23.1 Å². The highest BCUT2D eigenvalue weighted by Gasteiger charge is 2.38. The molecule has 0 radical (unpaired) electrons. The molecule has 0 aromatic carbocycles. The minimum Gasteiger partial charge on any atom is -1.00 e. The molecule has 8 nitrogen and oxygen atoms in total. The molecule has 3 N–H and O–H groups in total. The van der Waals surface area contributed by atoms with Crippen LogP contribution in [0.5, 0.6) is 0 Å². The molecule has 2 aliphatic rings. The number of nitrogens with two attached hydrogens (primary N) is 1. The number of ether oxygens (including phenoxy) is 1. The van der Waals surface area contributed by atoms with Gasteiger partial charge in [0.15, 0.2) is 0 Å². The fraction of sp³-hybridized carbons (Fsp3) is 0.722. The first-order valence-electron chi connectivity index (χ1n) is 9.66. The number of alkyl halides is 3. The van der Waals surface area contributed by atoms with Crippen LogP contribution in [0.25, 0.3) is 0 Å². The predicted molar refractivity (Wildman–Crippen MR) is 99.1 cm³/mol. The van der Waals surface area contributed by atoms with Gasteiger partial charge in [0, 0.05) is 44.5 Å². The van der Waals surface area contributed by atoms with Crippen LogP contribution in [0.1, 0.15) is 33.2 Å². The van der Waals surface area contributed by atoms with Crippen molar-refractivity contribution in [1.82, 2.24) is 14.9 Å². The van der Waals surface area contributed by atoms with Gasteiger partial charge in [-0.05, 0) is 19.8 Å². The van der Waals surface area contributed by atoms with Crippen molar-refractivity contribution in [3.8, 4) is 0 Å². The number of aliphatic hydroxyl groups is 1. The topological polar surface area (TPSA) is 105 Å². The van der Waals surface area contributed by atoms with E-state index < -0.39 is 30.0 Å². The van der Waals surface area contributed by atoms with E-state index in [-0.39, 0.29) is 38.3 Å². The van der Waals surface area contributed by atoms with Gasteiger partial charge in [-0.25, -0.2) is 9.97 Å². The molecule has 30 heavy (non-hydrogen) atoms. The lowest BCUT2D eigenvalue weighted by molar-refractivity contribution is -0.140. The predicted octanol–water partition coefficient (Wildman–Crippen LogP) is -2.09. The lowest BCUT2D eigenvalue weighted by Gasteiger charge is -2.36. The second kappa shape index (κ2) is 10.1. The maximum absolute atomic E-state index is 12.6. The Hall–Kier alpha value is -1.69. The summed E-state index contributed by atoms with van der Waals surface area (Å²) in [6.45, 7) is 3.39. The van der Waals surface area contributed by atoms with E-state index in [0.717, 1.165) is 12.4 Å². The van der Waals surface area contributed by atoms with Crippen molar-refractivity contribution >= 4 is 11.9 Å². The average Bonchev–Trinajstić information content (AvgIpc) is 3.06. The normalized spacial score (nSPS) is 22.7. The Morgan fingerprint density at radius 2 is 1.87 bits per heavy atom. The first kappa shape index (κ1) is 24.6. The Bertz CT molecular complexity index is 706. The molecule has 0 bridgehead atoms. The van der Waals surface area contributed by atoms with Crippen LogP contribution in [0.4, 0.5) is 19.1 Å². The molecule has 12 heteroatoms. The number of halogens is 4. The Morgan fingerprint density at radius 3 is 2.40 bits per heavy atom. The molecule has 0 aliphatic carbocycles. The molecule has 170 valence electrons. The number of rotatable bonds is 6. The summed E-state index contributed by atoms with van der Waals surface area (Å²) in [5.74, 6) is 0.185. The minimum absolute atomic E-state index is 0. The van der Waals surface area contributed by atoms with E-state index in [4.69, 9.17) is 10.5 Å². The van der Waals surface area contributed by atoms with E-state index in [2.05, 4.69) is 9.97 Å². The van der Waals surface area contributed by atoms with Crippen molar-refractivity contribution in [3.63, 3.8) is 0 Å². The van der Waals surface area contributed by atoms with Crippen LogP contribution in [-0.2, 0) is 15.7 Å². The zero-order chi connectivity index (χ0) is 21.2. The van der Waals surface area contributed by atoms with Crippen LogP contribution in [0.3, 0.4) is 0 Å². The Kier molecular flexibility index (Phi) is 8.26. The molecule has 3 rings (SSSR count). The van der Waals surface area contributed by atoms with Gasteiger partial charge in [-0.3, -0.25) is 4.79 Å². The van der Waals surface area contributed by atoms with Crippen LogP contribution < -0.4 is 23.0 Å². The first-order valence-corrected chi connectivity index (χ1v) is 9.66. The fourth-order valence-corrected chi connectivity index (χ4v) is 3.57. The number of anilines is 1. The molecule has 3 heterocycles. The second-order valence-corrected chi connectivity index (χ2v) is 7.53. The molecule has 2 aliphatic heterocycles. The maximum Gasteiger partial charge on any atom is 1.00 e. The fourth-order valence-electron chi connectivity index (χ4n) is 3.57. The smallest absolute Gasteiger partial charge is 1.00 e. The summed E-state index contributed by atoms with van der Waals surface area (Å²) < 4.78 is 43.5. The number of aromatic nitrogens is 2. The highest BCUT2D eigenvalue weighted by Crippen LogP contribution is 2.29. The van der Waals surface area contributed by atoms with Crippen LogP contribution in [0.15, 0.2) is 12.4 Å². The number of carbonyl (C=O) groups excluding carboxylic acids is 1. The van der Waals surface area contributed by atoms with Crippen LogP contribution in [0, 0.1) is 0 Å². The molecule has 2 fully saturated rings. The maximum atomic E-state index is 12.6. The quantitative estimate of drug-likeness (QED) is 0.508. The van der Waals surface area contributed by atoms with Crippen molar-refractivity contribution < 1.29 is 41.6 Å². The zero-order valence-electron chi connectivity index (χ0n) is 17.6. The van der Waals surface area contributed by atoms with Gasteiger partial charge in [0.05, 0.1) is 24.3 Å². The summed E-state index contributed by atoms with van der Waals surface area (Å²) in [5, 5.41) is 9.42. The Morgan fingerprint density at radius 1 is 1.27 bits per heavy atom. The average molecular weight is 454 g/mol. The van der Waals surface area contributed by atoms with Gasteiger partial charge in [0.25, 0.3) is 5.91 Å². The van der Waals surface area contributed by atoms with Gasteiger partial charge in [-0.1, -0.05) is 0 Å². The molecule has 0 unspecified atom stereocenters. The molecular formula is C18H27ClF3N5O3. The molecule has 0 saturated carbocycles. The van der Waals surface area contributed by atoms with Gasteiger partial charge >= 0.3 is 7.60 Å². The van der Waals surface area contributed by atoms with Crippen molar-refractivity contribution in [2.75, 3.05) is 31.1 Å². The van der Waals surface area contributed by atoms with E-state index in [1.807, 2.05) is 9.80 Å². The summed E-state index contributed by atoms with van der Waals surface area (Å²) in [6.07, 6.45) is -2.20. The number of hydrogen-bond acceptors (Lipinski definition) is 7. The molecular weight excluding hydrogens is 427 g/mol. The number of amides is 1. The monoisotopic (exact) mass is 453 g/mol. The van der Waals surface area contributed by atoms with Crippen molar-refractivity contribution in [1.29, 1.82) is 0 Å². The summed E-state index contributed by atoms with van der Waals surface area (Å²) in [4.78, 5) is 23.9. The van der Waals surface area contributed by atoms with Gasteiger partial charge in [-0.15, -0.1) is 0 Å². The van der Waals surface area contributed by atoms with Gasteiger partial charge in [-0.2, -0.15) is 13.2 Å². The van der Waals surface area contributed by atoms with E-state index in [1.165, 1.54) is 0 Å². The molecule has 1 aromatic rings. The summed E-state index contributed by atoms with van der Waals surface area (Å²) in [6, 6.07) is -0.490. The second-order valence-electron chi connectivity index (χ2n) is 7.53. The number of hydrogen-bond donors (Lipinski definition) is 2. The molecule has 2 saturated heterocycles. The third kappa shape index (κ3) is 5.71. The van der Waals surface area contributed by atoms with Crippen LogP contribution in [0.2, 0.25) is 0 Å². The van der Waals surface area contributed by atoms with Gasteiger partial charge in [0.2, 0.25) is 5.95 Å². The van der Waals surface area contributed by atoms with Crippen LogP contribution >= 0.6 is 0 Å². The molecule has 1 amide bonds. The minimum atomic E-state index is -4.46. The van der Waals surface area contributed by atoms with E-state index in [0.29, 0.717) is 38.9 Å². The number of piperidine rings is 1. The SMILES string of the molecule is C[C@@H](O)[C@H](N)CO[C@@H]1CCN(C2CCN(c3ncc(C(F)(F)F)cn3)CC2)C1=O.[Cl-].[H+]. The summed E-state index contributed by atoms with van der Waals surface area (Å²) in [5.41, 5.74) is 4.87. The summed E-state index contributed by atoms with van der Waals surface area (Å²) >= 11 is 0. The molecule has 0 spiro atoms. The zero-order valence-corrected chi connectivity index (χ0v) is 17.3. The highest BCUT2D eigenvalue weighted by atomic mass is 35.5. The first-order chi connectivity index (χ1) is 13.7. The van der Waals surface area contributed by atoms with Gasteiger partial charge < -0.3 is 37.8 Å². The van der Waals surface area contributed by atoms with Crippen molar-refractivity contribution in [2.45, 2.75) is 56.7 Å². The standard InChI is InChI=1S/C18H26F3N5O3.ClH/c1-11(27)14(22)10-29-15-4-7-26(16(15)28)13-2-5-25(6-3-13)17-23-8-12(9-24-17)18(19,20)21;/h8-9,11,13-15,27H,2-7,10,22H2,1H3;1H/t11-,14-,15-;/m1./s1. The van der Waals surface area contributed by atoms with E-state index >= 15 is 0 Å². The largest absolute Gasteiger partial charge is 1.00 e. The third-order valence-electron chi connectivity index (χ3n) is 5.45. The third-order valence-corrected chi connectivity index (χ3v) is 5.45. The number of aliphatic hydroxyl groups excluding tert-OH is 1. The number of carbonyl (C=O) groups is 1. The number of nitrogens with zero attached hydrogens (tertiary/aromatic N) is 4. The lowest BCUT2D eigenvalue weighted by Crippen LogP contribution is -3.00. The van der Waals surface area contributed by atoms with E-state index in [1.54, 1.807) is 6.92 Å². The van der Waals surface area contributed by atoms with Crippen molar-refractivity contribution in [3.05, 3.63) is 18.0 Å². The van der Waals surface area contributed by atoms with Crippen molar-refractivity contribution in [2.24, 2.45) is 5.73 Å². The molecule has 1 aromatic heterocycles. The molecule has 3 atom stereocenters. The Balaban J connectivity index is 0.00000240. The number of likely N-dealkylation sites (tertiary alicyclic amines) is 1. The van der Waals surface area contributed by atoms with Crippen LogP contribution in [-0.4, -0.2) is 76.4 Å². The summed E-state index contributed by atoms with van der Waals surface area (Å²) in [7, 11) is 0.